The van der Waals surface area contributed by atoms with Crippen molar-refractivity contribution in [1.29, 1.82) is 0 Å². The largest absolute Gasteiger partial charge is 0.394 e. The molecule has 7 heteroatoms. The molecule has 0 amide bonds. The van der Waals surface area contributed by atoms with Gasteiger partial charge in [0.05, 0.1) is 18.9 Å². The second-order valence-corrected chi connectivity index (χ2v) is 6.28. The molecule has 1 saturated carbocycles. The van der Waals surface area contributed by atoms with Crippen molar-refractivity contribution in [3.63, 3.8) is 0 Å². The van der Waals surface area contributed by atoms with Crippen LogP contribution in [0.2, 0.25) is 5.02 Å². The highest BCUT2D eigenvalue weighted by molar-refractivity contribution is 6.33. The summed E-state index contributed by atoms with van der Waals surface area (Å²) < 4.78 is 11.6. The minimum absolute atomic E-state index is 0.0137. The number of rotatable bonds is 4. The van der Waals surface area contributed by atoms with Gasteiger partial charge in [-0.2, -0.15) is 0 Å². The molecule has 1 atom stereocenters. The number of nitrogens with zero attached hydrogens (tertiary/aromatic N) is 2. The van der Waals surface area contributed by atoms with E-state index in [9.17, 15) is 0 Å². The van der Waals surface area contributed by atoms with Gasteiger partial charge in [0, 0.05) is 18.9 Å². The zero-order valence-corrected chi connectivity index (χ0v) is 13.5. The summed E-state index contributed by atoms with van der Waals surface area (Å²) in [6, 6.07) is 0.295. The highest BCUT2D eigenvalue weighted by atomic mass is 35.5. The molecule has 2 heterocycles. The minimum atomic E-state index is -0.504. The normalized spacial score (nSPS) is 31.6. The number of halogens is 1. The Morgan fingerprint density at radius 2 is 2.18 bits per heavy atom. The maximum absolute atomic E-state index is 9.16. The molecule has 1 saturated heterocycles. The molecular formula is C15H22ClN3O3. The van der Waals surface area contributed by atoms with Crippen LogP contribution in [-0.2, 0) is 15.9 Å². The standard InChI is InChI=1S/C15H22ClN3O3/c1-2-12-13(16)14(18-9-17-12)19-10-3-5-15(6-4-10)21-8-11(7-20)22-15/h9-11,20H,2-8H2,1H3,(H,17,18,19). The quantitative estimate of drug-likeness (QED) is 0.882. The highest BCUT2D eigenvalue weighted by Gasteiger charge is 2.44. The van der Waals surface area contributed by atoms with Crippen molar-refractivity contribution < 1.29 is 14.6 Å². The van der Waals surface area contributed by atoms with E-state index in [1.54, 1.807) is 6.33 Å². The summed E-state index contributed by atoms with van der Waals surface area (Å²) in [6.45, 7) is 2.51. The number of hydrogen-bond donors (Lipinski definition) is 2. The van der Waals surface area contributed by atoms with Gasteiger partial charge in [-0.05, 0) is 19.3 Å². The Kier molecular flexibility index (Phi) is 4.82. The number of nitrogens with one attached hydrogen (secondary N) is 1. The monoisotopic (exact) mass is 327 g/mol. The lowest BCUT2D eigenvalue weighted by atomic mass is 9.90. The van der Waals surface area contributed by atoms with Crippen molar-refractivity contribution >= 4 is 17.4 Å². The van der Waals surface area contributed by atoms with Crippen LogP contribution < -0.4 is 5.32 Å². The van der Waals surface area contributed by atoms with Crippen LogP contribution in [0.3, 0.4) is 0 Å². The molecule has 122 valence electrons. The molecular weight excluding hydrogens is 306 g/mol. The second kappa shape index (κ2) is 6.66. The van der Waals surface area contributed by atoms with Crippen LogP contribution in [-0.4, -0.2) is 46.2 Å². The van der Waals surface area contributed by atoms with E-state index in [0.717, 1.165) is 37.8 Å². The zero-order valence-electron chi connectivity index (χ0n) is 12.7. The van der Waals surface area contributed by atoms with E-state index < -0.39 is 5.79 Å². The van der Waals surface area contributed by atoms with Crippen LogP contribution in [0.5, 0.6) is 0 Å². The van der Waals surface area contributed by atoms with Gasteiger partial charge in [0.2, 0.25) is 0 Å². The van der Waals surface area contributed by atoms with E-state index in [1.165, 1.54) is 0 Å². The van der Waals surface area contributed by atoms with E-state index in [-0.39, 0.29) is 12.7 Å². The molecule has 1 aromatic rings. The number of aryl methyl sites for hydroxylation is 1. The molecule has 1 unspecified atom stereocenters. The SMILES string of the molecule is CCc1ncnc(NC2CCC3(CC2)OCC(CO)O3)c1Cl. The fourth-order valence-electron chi connectivity index (χ4n) is 3.12. The van der Waals surface area contributed by atoms with Gasteiger partial charge in [-0.15, -0.1) is 0 Å². The Labute approximate surface area is 135 Å². The fourth-order valence-corrected chi connectivity index (χ4v) is 3.40. The molecule has 0 aromatic carbocycles. The van der Waals surface area contributed by atoms with Crippen molar-refractivity contribution in [2.24, 2.45) is 0 Å². The molecule has 2 fully saturated rings. The number of aliphatic hydroxyl groups is 1. The van der Waals surface area contributed by atoms with E-state index in [1.807, 2.05) is 6.92 Å². The van der Waals surface area contributed by atoms with Gasteiger partial charge in [-0.25, -0.2) is 9.97 Å². The fraction of sp³-hybridized carbons (Fsp3) is 0.733. The van der Waals surface area contributed by atoms with E-state index >= 15 is 0 Å². The van der Waals surface area contributed by atoms with Crippen LogP contribution in [0.25, 0.3) is 0 Å². The summed E-state index contributed by atoms with van der Waals surface area (Å²) in [4.78, 5) is 8.42. The van der Waals surface area contributed by atoms with Crippen molar-refractivity contribution in [2.75, 3.05) is 18.5 Å². The zero-order chi connectivity index (χ0) is 15.6. The summed E-state index contributed by atoms with van der Waals surface area (Å²) in [5, 5.41) is 13.2. The first-order valence-electron chi connectivity index (χ1n) is 7.84. The molecule has 0 radical (unpaired) electrons. The Morgan fingerprint density at radius 1 is 1.41 bits per heavy atom. The van der Waals surface area contributed by atoms with Crippen molar-refractivity contribution in [2.45, 2.75) is 57.0 Å². The van der Waals surface area contributed by atoms with Gasteiger partial charge in [-0.3, -0.25) is 0 Å². The third-order valence-corrected chi connectivity index (χ3v) is 4.80. The van der Waals surface area contributed by atoms with Crippen LogP contribution in [0, 0.1) is 0 Å². The molecule has 1 spiro atoms. The van der Waals surface area contributed by atoms with Gasteiger partial charge >= 0.3 is 0 Å². The first-order chi connectivity index (χ1) is 10.7. The molecule has 6 nitrogen and oxygen atoms in total. The lowest BCUT2D eigenvalue weighted by Crippen LogP contribution is -2.40. The maximum atomic E-state index is 9.16. The number of aliphatic hydroxyl groups excluding tert-OH is 1. The first-order valence-corrected chi connectivity index (χ1v) is 8.22. The van der Waals surface area contributed by atoms with Crippen LogP contribution in [0.15, 0.2) is 6.33 Å². The van der Waals surface area contributed by atoms with Crippen LogP contribution in [0.1, 0.15) is 38.3 Å². The Morgan fingerprint density at radius 3 is 2.82 bits per heavy atom. The summed E-state index contributed by atoms with van der Waals surface area (Å²) in [5.74, 6) is 0.200. The van der Waals surface area contributed by atoms with Gasteiger partial charge < -0.3 is 19.9 Å². The summed E-state index contributed by atoms with van der Waals surface area (Å²) in [5.41, 5.74) is 0.861. The van der Waals surface area contributed by atoms with Crippen LogP contribution >= 0.6 is 11.6 Å². The summed E-state index contributed by atoms with van der Waals surface area (Å²) >= 11 is 6.32. The minimum Gasteiger partial charge on any atom is -0.394 e. The molecule has 1 aliphatic carbocycles. The molecule has 0 bridgehead atoms. The molecule has 2 aliphatic rings. The summed E-state index contributed by atoms with van der Waals surface area (Å²) in [7, 11) is 0. The maximum Gasteiger partial charge on any atom is 0.169 e. The third kappa shape index (κ3) is 3.20. The summed E-state index contributed by atoms with van der Waals surface area (Å²) in [6.07, 6.45) is 5.60. The topological polar surface area (TPSA) is 76.5 Å². The molecule has 3 rings (SSSR count). The van der Waals surface area contributed by atoms with Crippen molar-refractivity contribution in [3.05, 3.63) is 17.0 Å². The van der Waals surface area contributed by atoms with Crippen molar-refractivity contribution in [1.82, 2.24) is 9.97 Å². The van der Waals surface area contributed by atoms with Crippen molar-refractivity contribution in [3.8, 4) is 0 Å². The Hall–Kier alpha value is -0.950. The molecule has 2 N–H and O–H groups in total. The van der Waals surface area contributed by atoms with Gasteiger partial charge in [0.25, 0.3) is 0 Å². The smallest absolute Gasteiger partial charge is 0.169 e. The lowest BCUT2D eigenvalue weighted by molar-refractivity contribution is -0.190. The average Bonchev–Trinajstić information content (AvgIpc) is 2.95. The number of ether oxygens (including phenoxy) is 2. The van der Waals surface area contributed by atoms with E-state index in [0.29, 0.717) is 23.5 Å². The van der Waals surface area contributed by atoms with E-state index in [4.69, 9.17) is 26.2 Å². The van der Waals surface area contributed by atoms with E-state index in [2.05, 4.69) is 15.3 Å². The molecule has 22 heavy (non-hydrogen) atoms. The van der Waals surface area contributed by atoms with Gasteiger partial charge in [0.1, 0.15) is 23.3 Å². The number of aromatic nitrogens is 2. The predicted octanol–water partition coefficient (Wildman–Crippen LogP) is 2.15. The number of anilines is 1. The highest BCUT2D eigenvalue weighted by Crippen LogP contribution is 2.39. The Balaban J connectivity index is 1.59. The molecule has 1 aliphatic heterocycles. The van der Waals surface area contributed by atoms with Crippen LogP contribution in [0.4, 0.5) is 5.82 Å². The second-order valence-electron chi connectivity index (χ2n) is 5.90. The molecule has 1 aromatic heterocycles. The first kappa shape index (κ1) is 15.9. The third-order valence-electron chi connectivity index (χ3n) is 4.40. The predicted molar refractivity (Wildman–Crippen MR) is 82.9 cm³/mol. The number of hydrogen-bond acceptors (Lipinski definition) is 6. The lowest BCUT2D eigenvalue weighted by Gasteiger charge is -2.36. The van der Waals surface area contributed by atoms with Gasteiger partial charge in [-0.1, -0.05) is 18.5 Å². The Bertz CT molecular complexity index is 521. The average molecular weight is 328 g/mol. The van der Waals surface area contributed by atoms with Gasteiger partial charge in [0.15, 0.2) is 5.79 Å².